The number of halogens is 1. The van der Waals surface area contributed by atoms with Gasteiger partial charge in [-0.1, -0.05) is 75.2 Å². The minimum atomic E-state index is 0.705. The van der Waals surface area contributed by atoms with Crippen molar-refractivity contribution in [2.24, 2.45) is 5.92 Å². The van der Waals surface area contributed by atoms with Gasteiger partial charge in [0.25, 0.3) is 0 Å². The monoisotopic (exact) mass is 248 g/mol. The molecule has 0 rings (SSSR count). The molecule has 0 nitrogen and oxygen atoms in total. The minimum Gasteiger partial charge on any atom is -0.0894 e. The van der Waals surface area contributed by atoms with Crippen LogP contribution < -0.4 is 0 Å². The lowest BCUT2D eigenvalue weighted by atomic mass is 9.93. The van der Waals surface area contributed by atoms with Crippen LogP contribution in [0.2, 0.25) is 0 Å². The van der Waals surface area contributed by atoms with Crippen molar-refractivity contribution in [3.63, 3.8) is 0 Å². The molecule has 80 valence electrons. The predicted octanol–water partition coefficient (Wildman–Crippen LogP) is 5.16. The molecule has 0 bridgehead atoms. The van der Waals surface area contributed by atoms with Crippen LogP contribution in [-0.2, 0) is 0 Å². The van der Waals surface area contributed by atoms with Gasteiger partial charge in [0.15, 0.2) is 0 Å². The van der Waals surface area contributed by atoms with Gasteiger partial charge in [-0.2, -0.15) is 0 Å². The Morgan fingerprint density at radius 2 is 1.62 bits per heavy atom. The molecule has 2 unspecified atom stereocenters. The van der Waals surface area contributed by atoms with Gasteiger partial charge in [0.1, 0.15) is 0 Å². The third kappa shape index (κ3) is 8.80. The maximum atomic E-state index is 3.60. The molecular formula is C12H25Br. The standard InChI is InChI=1S/C12H25Br/c1-4-6-9-12(5-2)10-7-8-11(3)13/h11-12H,4-10H2,1-3H3. The van der Waals surface area contributed by atoms with Gasteiger partial charge in [-0.3, -0.25) is 0 Å². The smallest absolute Gasteiger partial charge is 0.0117 e. The summed E-state index contributed by atoms with van der Waals surface area (Å²) in [5, 5.41) is 0. The van der Waals surface area contributed by atoms with E-state index in [2.05, 4.69) is 36.7 Å². The lowest BCUT2D eigenvalue weighted by molar-refractivity contribution is 0.405. The highest BCUT2D eigenvalue weighted by Crippen LogP contribution is 2.20. The van der Waals surface area contributed by atoms with Crippen LogP contribution in [0.1, 0.15) is 65.7 Å². The first-order chi connectivity index (χ1) is 6.20. The van der Waals surface area contributed by atoms with Crippen LogP contribution in [-0.4, -0.2) is 4.83 Å². The molecule has 0 N–H and O–H groups in total. The van der Waals surface area contributed by atoms with E-state index in [4.69, 9.17) is 0 Å². The molecule has 0 saturated heterocycles. The zero-order valence-corrected chi connectivity index (χ0v) is 11.1. The topological polar surface area (TPSA) is 0 Å². The Balaban J connectivity index is 3.36. The van der Waals surface area contributed by atoms with Gasteiger partial charge in [0, 0.05) is 4.83 Å². The Morgan fingerprint density at radius 1 is 1.00 bits per heavy atom. The fourth-order valence-electron chi connectivity index (χ4n) is 1.73. The van der Waals surface area contributed by atoms with E-state index in [1.807, 2.05) is 0 Å². The molecule has 0 heterocycles. The number of alkyl halides is 1. The van der Waals surface area contributed by atoms with E-state index in [0.717, 1.165) is 5.92 Å². The van der Waals surface area contributed by atoms with Crippen molar-refractivity contribution in [3.8, 4) is 0 Å². The summed E-state index contributed by atoms with van der Waals surface area (Å²) < 4.78 is 0. The molecule has 1 heteroatoms. The molecule has 0 radical (unpaired) electrons. The normalized spacial score (nSPS) is 15.7. The van der Waals surface area contributed by atoms with Gasteiger partial charge in [-0.25, -0.2) is 0 Å². The second-order valence-electron chi connectivity index (χ2n) is 4.13. The van der Waals surface area contributed by atoms with E-state index in [1.54, 1.807) is 0 Å². The molecule has 0 aromatic rings. The summed E-state index contributed by atoms with van der Waals surface area (Å²) >= 11 is 3.60. The number of rotatable bonds is 8. The summed E-state index contributed by atoms with van der Waals surface area (Å²) in [6.45, 7) is 6.86. The molecule has 0 aromatic carbocycles. The molecule has 0 fully saturated rings. The molecule has 2 atom stereocenters. The average Bonchev–Trinajstić information content (AvgIpc) is 2.10. The van der Waals surface area contributed by atoms with Gasteiger partial charge < -0.3 is 0 Å². The zero-order valence-electron chi connectivity index (χ0n) is 9.48. The van der Waals surface area contributed by atoms with E-state index in [-0.39, 0.29) is 0 Å². The first-order valence-corrected chi connectivity index (χ1v) is 6.76. The second-order valence-corrected chi connectivity index (χ2v) is 5.69. The van der Waals surface area contributed by atoms with Crippen LogP contribution in [0.4, 0.5) is 0 Å². The molecule has 0 aromatic heterocycles. The first-order valence-electron chi connectivity index (χ1n) is 5.84. The third-order valence-electron chi connectivity index (χ3n) is 2.76. The Kier molecular flexibility index (Phi) is 9.39. The lowest BCUT2D eigenvalue weighted by Crippen LogP contribution is -2.00. The Labute approximate surface area is 92.6 Å². The van der Waals surface area contributed by atoms with Crippen LogP contribution in [0.3, 0.4) is 0 Å². The summed E-state index contributed by atoms with van der Waals surface area (Å²) in [7, 11) is 0. The molecule has 0 aliphatic rings. The van der Waals surface area contributed by atoms with Crippen molar-refractivity contribution in [1.82, 2.24) is 0 Å². The Bertz CT molecular complexity index is 99.3. The minimum absolute atomic E-state index is 0.705. The van der Waals surface area contributed by atoms with Crippen LogP contribution in [0, 0.1) is 5.92 Å². The molecule has 0 saturated carbocycles. The Morgan fingerprint density at radius 3 is 2.08 bits per heavy atom. The second kappa shape index (κ2) is 9.05. The molecule has 13 heavy (non-hydrogen) atoms. The van der Waals surface area contributed by atoms with Gasteiger partial charge in [0.2, 0.25) is 0 Å². The highest BCUT2D eigenvalue weighted by molar-refractivity contribution is 9.09. The summed E-state index contributed by atoms with van der Waals surface area (Å²) in [5.41, 5.74) is 0. The van der Waals surface area contributed by atoms with Crippen molar-refractivity contribution in [2.45, 2.75) is 70.5 Å². The SMILES string of the molecule is CCCCC(CC)CCCC(C)Br. The van der Waals surface area contributed by atoms with E-state index in [9.17, 15) is 0 Å². The Hall–Kier alpha value is 0.480. The summed E-state index contributed by atoms with van der Waals surface area (Å²) in [6, 6.07) is 0. The third-order valence-corrected chi connectivity index (χ3v) is 3.22. The summed E-state index contributed by atoms with van der Waals surface area (Å²) in [4.78, 5) is 0.705. The number of unbranched alkanes of at least 4 members (excludes halogenated alkanes) is 1. The number of hydrogen-bond donors (Lipinski definition) is 0. The highest BCUT2D eigenvalue weighted by Gasteiger charge is 2.05. The molecular weight excluding hydrogens is 224 g/mol. The van der Waals surface area contributed by atoms with E-state index < -0.39 is 0 Å². The fourth-order valence-corrected chi connectivity index (χ4v) is 2.06. The molecule has 0 spiro atoms. The van der Waals surface area contributed by atoms with Crippen molar-refractivity contribution in [2.75, 3.05) is 0 Å². The van der Waals surface area contributed by atoms with Crippen LogP contribution >= 0.6 is 15.9 Å². The number of hydrogen-bond acceptors (Lipinski definition) is 0. The van der Waals surface area contributed by atoms with E-state index >= 15 is 0 Å². The average molecular weight is 249 g/mol. The van der Waals surface area contributed by atoms with Crippen LogP contribution in [0.5, 0.6) is 0 Å². The van der Waals surface area contributed by atoms with Crippen molar-refractivity contribution >= 4 is 15.9 Å². The van der Waals surface area contributed by atoms with Crippen molar-refractivity contribution in [1.29, 1.82) is 0 Å². The van der Waals surface area contributed by atoms with Gasteiger partial charge in [0.05, 0.1) is 0 Å². The van der Waals surface area contributed by atoms with E-state index in [0.29, 0.717) is 4.83 Å². The maximum absolute atomic E-state index is 3.60. The zero-order chi connectivity index (χ0) is 10.1. The highest BCUT2D eigenvalue weighted by atomic mass is 79.9. The molecule has 0 aliphatic carbocycles. The predicted molar refractivity (Wildman–Crippen MR) is 65.5 cm³/mol. The summed E-state index contributed by atoms with van der Waals surface area (Å²) in [6.07, 6.45) is 9.76. The van der Waals surface area contributed by atoms with Crippen LogP contribution in [0.15, 0.2) is 0 Å². The first kappa shape index (κ1) is 13.5. The lowest BCUT2D eigenvalue weighted by Gasteiger charge is -2.14. The molecule has 0 amide bonds. The van der Waals surface area contributed by atoms with Gasteiger partial charge in [-0.15, -0.1) is 0 Å². The van der Waals surface area contributed by atoms with Crippen molar-refractivity contribution < 1.29 is 0 Å². The summed E-state index contributed by atoms with van der Waals surface area (Å²) in [5.74, 6) is 0.992. The quantitative estimate of drug-likeness (QED) is 0.521. The maximum Gasteiger partial charge on any atom is 0.0117 e. The fraction of sp³-hybridized carbons (Fsp3) is 1.00. The van der Waals surface area contributed by atoms with Gasteiger partial charge >= 0.3 is 0 Å². The largest absolute Gasteiger partial charge is 0.0894 e. The van der Waals surface area contributed by atoms with Crippen molar-refractivity contribution in [3.05, 3.63) is 0 Å². The van der Waals surface area contributed by atoms with Crippen LogP contribution in [0.25, 0.3) is 0 Å². The van der Waals surface area contributed by atoms with E-state index in [1.165, 1.54) is 44.9 Å². The molecule has 0 aliphatic heterocycles. The van der Waals surface area contributed by atoms with Gasteiger partial charge in [-0.05, 0) is 12.3 Å².